The van der Waals surface area contributed by atoms with Crippen LogP contribution in [0, 0.1) is 0 Å². The Kier molecular flexibility index (Phi) is 9.28. The number of carboxylic acids is 1. The first-order valence-corrected chi connectivity index (χ1v) is 9.83. The molecule has 3 aromatic rings. The van der Waals surface area contributed by atoms with E-state index in [0.717, 1.165) is 23.4 Å². The van der Waals surface area contributed by atoms with Crippen LogP contribution >= 0.6 is 0 Å². The van der Waals surface area contributed by atoms with Gasteiger partial charge in [0, 0.05) is 25.8 Å². The molecule has 1 amide bonds. The van der Waals surface area contributed by atoms with Gasteiger partial charge in [-0.15, -0.1) is 0 Å². The molecular weight excluding hydrogens is 417 g/mol. The number of aromatic hydroxyl groups is 1. The van der Waals surface area contributed by atoms with Crippen molar-refractivity contribution in [3.63, 3.8) is 0 Å². The van der Waals surface area contributed by atoms with E-state index in [-0.39, 0.29) is 52.1 Å². The number of carbonyl (C=O) groups is 2. The summed E-state index contributed by atoms with van der Waals surface area (Å²) in [5, 5.41) is 25.5. The predicted molar refractivity (Wildman–Crippen MR) is 129 cm³/mol. The Labute approximate surface area is 209 Å². The molecule has 0 heterocycles. The van der Waals surface area contributed by atoms with Gasteiger partial charge in [-0.2, -0.15) is 0 Å². The molecule has 4 N–H and O–H groups in total. The Morgan fingerprint density at radius 1 is 0.938 bits per heavy atom. The summed E-state index contributed by atoms with van der Waals surface area (Å²) in [5.41, 5.74) is 2.61. The summed E-state index contributed by atoms with van der Waals surface area (Å²) in [6.07, 6.45) is 0. The van der Waals surface area contributed by atoms with Gasteiger partial charge in [0.25, 0.3) is 5.91 Å². The van der Waals surface area contributed by atoms with Crippen molar-refractivity contribution in [3.8, 4) is 16.9 Å². The third kappa shape index (κ3) is 6.11. The number of carboxylic acid groups (broad SMARTS) is 1. The van der Waals surface area contributed by atoms with E-state index in [1.165, 1.54) is 12.1 Å². The van der Waals surface area contributed by atoms with Crippen molar-refractivity contribution >= 4 is 52.8 Å². The number of hydrogen-bond acceptors (Lipinski definition) is 5. The van der Waals surface area contributed by atoms with Crippen molar-refractivity contribution in [3.05, 3.63) is 77.9 Å². The molecule has 3 aromatic carbocycles. The second-order valence-electron chi connectivity index (χ2n) is 7.11. The standard InChI is InChI=1S/C24H25N3O4.Na.H/c1-25-12-13-27(2)18-9-11-22(28)20(15-18)23(29)26-21-14-17(8-10-19(21)24(30)31)16-6-4-3-5-7-16;;/h3-11,14-15,25,28H,12-13H2,1-2H3,(H,26,29)(H,30,31);;. The zero-order valence-electron chi connectivity index (χ0n) is 17.4. The molecule has 0 aliphatic rings. The molecule has 0 fully saturated rings. The number of anilines is 2. The first-order valence-electron chi connectivity index (χ1n) is 9.83. The quantitative estimate of drug-likeness (QED) is 0.399. The molecule has 7 nitrogen and oxygen atoms in total. The summed E-state index contributed by atoms with van der Waals surface area (Å²) in [5.74, 6) is -1.92. The van der Waals surface area contributed by atoms with Crippen LogP contribution in [0.3, 0.4) is 0 Å². The van der Waals surface area contributed by atoms with Crippen LogP contribution in [-0.4, -0.2) is 78.8 Å². The number of phenols is 1. The molecule has 0 atom stereocenters. The first-order chi connectivity index (χ1) is 14.9. The minimum atomic E-state index is -1.15. The molecule has 0 unspecified atom stereocenters. The van der Waals surface area contributed by atoms with Gasteiger partial charge < -0.3 is 25.7 Å². The summed E-state index contributed by atoms with van der Waals surface area (Å²) in [6.45, 7) is 1.47. The van der Waals surface area contributed by atoms with Crippen molar-refractivity contribution in [2.45, 2.75) is 0 Å². The molecule has 0 spiro atoms. The van der Waals surface area contributed by atoms with E-state index in [1.807, 2.05) is 49.3 Å². The number of benzene rings is 3. The maximum absolute atomic E-state index is 13.0. The molecule has 162 valence electrons. The van der Waals surface area contributed by atoms with Crippen LogP contribution in [0.15, 0.2) is 66.7 Å². The summed E-state index contributed by atoms with van der Waals surface area (Å²) in [6, 6.07) is 19.0. The minimum absolute atomic E-state index is 0. The Morgan fingerprint density at radius 2 is 1.66 bits per heavy atom. The van der Waals surface area contributed by atoms with Gasteiger partial charge in [0.15, 0.2) is 0 Å². The predicted octanol–water partition coefficient (Wildman–Crippen LogP) is 3.02. The van der Waals surface area contributed by atoms with E-state index in [0.29, 0.717) is 6.54 Å². The SMILES string of the molecule is CNCCN(C)c1ccc(O)c(C(=O)Nc2cc(-c3ccccc3)ccc2C(=O)O)c1.[NaH]. The fourth-order valence-corrected chi connectivity index (χ4v) is 3.19. The van der Waals surface area contributed by atoms with Crippen molar-refractivity contribution in [2.75, 3.05) is 37.4 Å². The zero-order chi connectivity index (χ0) is 22.4. The van der Waals surface area contributed by atoms with Gasteiger partial charge in [-0.25, -0.2) is 4.79 Å². The number of hydrogen-bond donors (Lipinski definition) is 4. The first kappa shape index (κ1) is 25.4. The third-order valence-electron chi connectivity index (χ3n) is 4.97. The number of aromatic carboxylic acids is 1. The second-order valence-corrected chi connectivity index (χ2v) is 7.11. The number of rotatable bonds is 8. The summed E-state index contributed by atoms with van der Waals surface area (Å²) in [7, 11) is 3.74. The summed E-state index contributed by atoms with van der Waals surface area (Å²) in [4.78, 5) is 26.6. The van der Waals surface area contributed by atoms with E-state index in [9.17, 15) is 19.8 Å². The Bertz CT molecular complexity index is 1090. The molecule has 0 aliphatic heterocycles. The van der Waals surface area contributed by atoms with E-state index in [4.69, 9.17) is 0 Å². The van der Waals surface area contributed by atoms with Crippen LogP contribution in [0.2, 0.25) is 0 Å². The maximum atomic E-state index is 13.0. The van der Waals surface area contributed by atoms with Crippen LogP contribution in [0.4, 0.5) is 11.4 Å². The van der Waals surface area contributed by atoms with Gasteiger partial charge >= 0.3 is 35.5 Å². The summed E-state index contributed by atoms with van der Waals surface area (Å²) >= 11 is 0. The third-order valence-corrected chi connectivity index (χ3v) is 4.97. The number of nitrogens with zero attached hydrogens (tertiary/aromatic N) is 1. The molecule has 0 radical (unpaired) electrons. The molecule has 32 heavy (non-hydrogen) atoms. The zero-order valence-corrected chi connectivity index (χ0v) is 17.4. The van der Waals surface area contributed by atoms with Gasteiger partial charge in [-0.05, 0) is 48.5 Å². The van der Waals surface area contributed by atoms with Crippen LogP contribution in [-0.2, 0) is 0 Å². The molecule has 0 saturated heterocycles. The van der Waals surface area contributed by atoms with E-state index < -0.39 is 11.9 Å². The van der Waals surface area contributed by atoms with Crippen molar-refractivity contribution in [2.24, 2.45) is 0 Å². The molecule has 0 bridgehead atoms. The van der Waals surface area contributed by atoms with Gasteiger partial charge in [0.2, 0.25) is 0 Å². The van der Waals surface area contributed by atoms with E-state index in [1.54, 1.807) is 24.3 Å². The van der Waals surface area contributed by atoms with Crippen molar-refractivity contribution in [1.82, 2.24) is 5.32 Å². The fourth-order valence-electron chi connectivity index (χ4n) is 3.19. The Balaban J connectivity index is 0.00000363. The van der Waals surface area contributed by atoms with Gasteiger partial charge in [-0.1, -0.05) is 36.4 Å². The molecule has 0 aromatic heterocycles. The van der Waals surface area contributed by atoms with Crippen molar-refractivity contribution in [1.29, 1.82) is 0 Å². The number of nitrogens with one attached hydrogen (secondary N) is 2. The Morgan fingerprint density at radius 3 is 2.31 bits per heavy atom. The Hall–Kier alpha value is -2.84. The fraction of sp³-hybridized carbons (Fsp3) is 0.167. The summed E-state index contributed by atoms with van der Waals surface area (Å²) < 4.78 is 0. The number of phenolic OH excluding ortho intramolecular Hbond substituents is 1. The molecule has 8 heteroatoms. The van der Waals surface area contributed by atoms with Crippen LogP contribution in [0.25, 0.3) is 11.1 Å². The van der Waals surface area contributed by atoms with E-state index in [2.05, 4.69) is 10.6 Å². The number of carbonyl (C=O) groups excluding carboxylic acids is 1. The second kappa shape index (κ2) is 11.7. The molecule has 0 saturated carbocycles. The molecule has 3 rings (SSSR count). The van der Waals surface area contributed by atoms with E-state index >= 15 is 0 Å². The van der Waals surface area contributed by atoms with Crippen LogP contribution in [0.5, 0.6) is 5.75 Å². The molecule has 0 aliphatic carbocycles. The van der Waals surface area contributed by atoms with Gasteiger partial charge in [0.05, 0.1) is 16.8 Å². The molecular formula is C24H26N3NaO4. The number of amides is 1. The van der Waals surface area contributed by atoms with Crippen molar-refractivity contribution < 1.29 is 19.8 Å². The van der Waals surface area contributed by atoms with Gasteiger partial charge in [0.1, 0.15) is 5.75 Å². The van der Waals surface area contributed by atoms with Crippen LogP contribution < -0.4 is 15.5 Å². The van der Waals surface area contributed by atoms with Gasteiger partial charge in [-0.3, -0.25) is 4.79 Å². The number of likely N-dealkylation sites (N-methyl/N-ethyl adjacent to an activating group) is 2. The topological polar surface area (TPSA) is 102 Å². The average Bonchev–Trinajstić information content (AvgIpc) is 2.78. The normalized spacial score (nSPS) is 10.2. The van der Waals surface area contributed by atoms with Crippen LogP contribution in [0.1, 0.15) is 20.7 Å². The average molecular weight is 443 g/mol. The monoisotopic (exact) mass is 443 g/mol.